The lowest BCUT2D eigenvalue weighted by Gasteiger charge is -2.32. The summed E-state index contributed by atoms with van der Waals surface area (Å²) in [6.07, 6.45) is -3.14. The van der Waals surface area contributed by atoms with Crippen LogP contribution in [-0.2, 0) is 22.3 Å². The first kappa shape index (κ1) is 30.4. The average molecular weight is 588 g/mol. The smallest absolute Gasteiger partial charge is 0.417 e. The summed E-state index contributed by atoms with van der Waals surface area (Å²) in [7, 11) is 1.92. The van der Waals surface area contributed by atoms with Gasteiger partial charge in [-0.2, -0.15) is 13.2 Å². The number of aromatic nitrogens is 1. The van der Waals surface area contributed by atoms with Crippen LogP contribution in [0.25, 0.3) is 0 Å². The van der Waals surface area contributed by atoms with Gasteiger partial charge >= 0.3 is 12.1 Å². The molecule has 0 bridgehead atoms. The molecule has 6 nitrogen and oxygen atoms in total. The molecule has 1 aromatic heterocycles. The number of pyridine rings is 1. The maximum atomic E-state index is 13.9. The molecule has 4 rings (SSSR count). The zero-order valence-corrected chi connectivity index (χ0v) is 24.1. The summed E-state index contributed by atoms with van der Waals surface area (Å²) < 4.78 is 53.3. The van der Waals surface area contributed by atoms with Crippen molar-refractivity contribution < 1.29 is 27.4 Å². The molecule has 0 amide bonds. The molecule has 0 saturated carbocycles. The van der Waals surface area contributed by atoms with Crippen molar-refractivity contribution in [2.24, 2.45) is 5.92 Å². The number of fused-ring (bicyclic) bond motifs is 1. The number of ether oxygens (including phenoxy) is 2. The Morgan fingerprint density at radius 2 is 1.85 bits per heavy atom. The highest BCUT2D eigenvalue weighted by Gasteiger charge is 2.40. The summed E-state index contributed by atoms with van der Waals surface area (Å²) in [5, 5.41) is 2.71. The summed E-state index contributed by atoms with van der Waals surface area (Å²) in [5.41, 5.74) is 1.82. The molecule has 10 heteroatoms. The molecule has 218 valence electrons. The van der Waals surface area contributed by atoms with Crippen LogP contribution in [0.15, 0.2) is 72.1 Å². The SMILES string of the molecule is CC1=C(C(=O)OCCN(C)Cc2ccccc2)C(c2cccc(C(F)(F)F)c2Cl)c2c(ccnc2OCC(C)C)N1. The predicted molar refractivity (Wildman–Crippen MR) is 153 cm³/mol. The van der Waals surface area contributed by atoms with Crippen LogP contribution < -0.4 is 10.1 Å². The van der Waals surface area contributed by atoms with Gasteiger partial charge in [0.05, 0.1) is 34.2 Å². The maximum Gasteiger partial charge on any atom is 0.417 e. The second-order valence-corrected chi connectivity index (χ2v) is 10.8. The van der Waals surface area contributed by atoms with Crippen LogP contribution in [0.2, 0.25) is 5.02 Å². The quantitative estimate of drug-likeness (QED) is 0.251. The van der Waals surface area contributed by atoms with Crippen molar-refractivity contribution in [3.05, 3.63) is 99.3 Å². The predicted octanol–water partition coefficient (Wildman–Crippen LogP) is 7.30. The van der Waals surface area contributed by atoms with Gasteiger partial charge < -0.3 is 14.8 Å². The number of halogens is 4. The third-order valence-electron chi connectivity index (χ3n) is 6.68. The van der Waals surface area contributed by atoms with Crippen molar-refractivity contribution in [2.45, 2.75) is 39.4 Å². The van der Waals surface area contributed by atoms with Gasteiger partial charge in [-0.1, -0.05) is 67.9 Å². The van der Waals surface area contributed by atoms with E-state index in [-0.39, 0.29) is 29.5 Å². The third-order valence-corrected chi connectivity index (χ3v) is 7.10. The maximum absolute atomic E-state index is 13.9. The van der Waals surface area contributed by atoms with Crippen LogP contribution in [-0.4, -0.2) is 42.7 Å². The van der Waals surface area contributed by atoms with Crippen LogP contribution in [0.3, 0.4) is 0 Å². The molecule has 1 atom stereocenters. The molecule has 1 unspecified atom stereocenters. The number of allylic oxidation sites excluding steroid dienone is 1. The fourth-order valence-electron chi connectivity index (χ4n) is 4.75. The van der Waals surface area contributed by atoms with Crippen molar-refractivity contribution in [1.82, 2.24) is 9.88 Å². The van der Waals surface area contributed by atoms with Crippen molar-refractivity contribution in [2.75, 3.05) is 32.1 Å². The van der Waals surface area contributed by atoms with Crippen molar-refractivity contribution in [3.8, 4) is 5.88 Å². The fourth-order valence-corrected chi connectivity index (χ4v) is 5.09. The van der Waals surface area contributed by atoms with Crippen LogP contribution >= 0.6 is 11.6 Å². The Kier molecular flexibility index (Phi) is 9.60. The number of likely N-dealkylation sites (N-methyl/N-ethyl adjacent to an activating group) is 1. The second-order valence-electron chi connectivity index (χ2n) is 10.4. The molecule has 0 saturated heterocycles. The monoisotopic (exact) mass is 587 g/mol. The van der Waals surface area contributed by atoms with Gasteiger partial charge in [0.25, 0.3) is 0 Å². The summed E-state index contributed by atoms with van der Waals surface area (Å²) in [6.45, 7) is 7.15. The van der Waals surface area contributed by atoms with E-state index in [0.717, 1.165) is 11.6 Å². The average Bonchev–Trinajstić information content (AvgIpc) is 2.91. The number of benzene rings is 2. The number of esters is 1. The first-order chi connectivity index (χ1) is 19.5. The summed E-state index contributed by atoms with van der Waals surface area (Å²) in [5.74, 6) is -1.30. The first-order valence-corrected chi connectivity index (χ1v) is 13.7. The highest BCUT2D eigenvalue weighted by atomic mass is 35.5. The molecule has 41 heavy (non-hydrogen) atoms. The van der Waals surface area contributed by atoms with Gasteiger partial charge in [0.15, 0.2) is 0 Å². The summed E-state index contributed by atoms with van der Waals surface area (Å²) in [4.78, 5) is 20.0. The first-order valence-electron chi connectivity index (χ1n) is 13.3. The number of nitrogens with zero attached hydrogens (tertiary/aromatic N) is 2. The Morgan fingerprint density at radius 1 is 1.12 bits per heavy atom. The van der Waals surface area contributed by atoms with Gasteiger partial charge in [0, 0.05) is 30.7 Å². The van der Waals surface area contributed by atoms with E-state index in [4.69, 9.17) is 21.1 Å². The number of hydrogen-bond acceptors (Lipinski definition) is 6. The number of carbonyl (C=O) groups excluding carboxylic acids is 1. The topological polar surface area (TPSA) is 63.7 Å². The minimum absolute atomic E-state index is 0.0819. The Balaban J connectivity index is 1.69. The number of anilines is 1. The summed E-state index contributed by atoms with van der Waals surface area (Å²) >= 11 is 6.43. The van der Waals surface area contributed by atoms with Gasteiger partial charge in [0.2, 0.25) is 5.88 Å². The molecular weight excluding hydrogens is 555 g/mol. The molecule has 2 heterocycles. The lowest BCUT2D eigenvalue weighted by atomic mass is 9.80. The van der Waals surface area contributed by atoms with Crippen molar-refractivity contribution in [1.29, 1.82) is 0 Å². The van der Waals surface area contributed by atoms with Gasteiger partial charge in [0.1, 0.15) is 6.61 Å². The molecule has 1 aliphatic rings. The molecule has 1 aliphatic heterocycles. The van der Waals surface area contributed by atoms with Crippen LogP contribution in [0.4, 0.5) is 18.9 Å². The largest absolute Gasteiger partial charge is 0.477 e. The molecule has 0 radical (unpaired) electrons. The molecule has 0 aliphatic carbocycles. The lowest BCUT2D eigenvalue weighted by molar-refractivity contribution is -0.139. The number of nitrogens with one attached hydrogen (secondary N) is 1. The normalized spacial score (nSPS) is 15.1. The second kappa shape index (κ2) is 13.0. The molecule has 0 spiro atoms. The zero-order valence-electron chi connectivity index (χ0n) is 23.4. The number of hydrogen-bond donors (Lipinski definition) is 1. The van der Waals surface area contributed by atoms with Crippen LogP contribution in [0, 0.1) is 5.92 Å². The lowest BCUT2D eigenvalue weighted by Crippen LogP contribution is -2.28. The fraction of sp³-hybridized carbons (Fsp3) is 0.355. The van der Waals surface area contributed by atoms with Gasteiger partial charge in [-0.05, 0) is 43.1 Å². The van der Waals surface area contributed by atoms with E-state index in [1.165, 1.54) is 12.1 Å². The van der Waals surface area contributed by atoms with Crippen LogP contribution in [0.5, 0.6) is 5.88 Å². The minimum atomic E-state index is -4.68. The van der Waals surface area contributed by atoms with E-state index >= 15 is 0 Å². The Labute approximate surface area is 243 Å². The van der Waals surface area contributed by atoms with Gasteiger partial charge in [-0.3, -0.25) is 4.90 Å². The highest BCUT2D eigenvalue weighted by molar-refractivity contribution is 6.32. The zero-order chi connectivity index (χ0) is 29.7. The number of rotatable bonds is 10. The summed E-state index contributed by atoms with van der Waals surface area (Å²) in [6, 6.07) is 15.3. The van der Waals surface area contributed by atoms with E-state index in [1.807, 2.05) is 56.1 Å². The van der Waals surface area contributed by atoms with E-state index in [9.17, 15) is 18.0 Å². The number of alkyl halides is 3. The van der Waals surface area contributed by atoms with Gasteiger partial charge in [-0.25, -0.2) is 9.78 Å². The molecule has 0 fully saturated rings. The highest BCUT2D eigenvalue weighted by Crippen LogP contribution is 2.49. The van der Waals surface area contributed by atoms with E-state index in [2.05, 4.69) is 10.3 Å². The molecular formula is C31H33ClF3N3O3. The van der Waals surface area contributed by atoms with Crippen molar-refractivity contribution in [3.63, 3.8) is 0 Å². The van der Waals surface area contributed by atoms with Crippen LogP contribution in [0.1, 0.15) is 48.9 Å². The molecule has 3 aromatic rings. The molecule has 2 aromatic carbocycles. The van der Waals surface area contributed by atoms with E-state index < -0.39 is 28.6 Å². The Bertz CT molecular complexity index is 1410. The molecule has 1 N–H and O–H groups in total. The minimum Gasteiger partial charge on any atom is -0.477 e. The third kappa shape index (κ3) is 7.21. The van der Waals surface area contributed by atoms with Crippen molar-refractivity contribution >= 4 is 23.3 Å². The van der Waals surface area contributed by atoms with Gasteiger partial charge in [-0.15, -0.1) is 0 Å². The Hall–Kier alpha value is -3.56. The van der Waals surface area contributed by atoms with E-state index in [1.54, 1.807) is 19.2 Å². The Morgan fingerprint density at radius 3 is 2.54 bits per heavy atom. The van der Waals surface area contributed by atoms with E-state index in [0.29, 0.717) is 36.6 Å². The standard InChI is InChI=1S/C31H33ClF3N3O3/c1-19(2)18-41-29-27-24(13-14-36-29)37-20(3)25(26(27)22-11-8-12-23(28(22)32)31(33,34)35)30(39)40-16-15-38(4)17-21-9-6-5-7-10-21/h5-14,19,26,37H,15-18H2,1-4H3. The number of carbonyl (C=O) groups is 1.